The standard InChI is InChI=1S/C20H24BrN5O3/c1-20(2,3)29-19(28)24-16-6-4-5-14(11-16)17(27)25-7-9-26(10-8-25)18-22-12-15(21)13-23-18/h4-6,11-13H,7-10H2,1-3H3,(H,24,28). The number of amides is 2. The number of carbonyl (C=O) groups is 2. The molecule has 154 valence electrons. The molecule has 2 amide bonds. The fourth-order valence-electron chi connectivity index (χ4n) is 2.91. The summed E-state index contributed by atoms with van der Waals surface area (Å²) in [6, 6.07) is 6.87. The second-order valence-electron chi connectivity index (χ2n) is 7.69. The van der Waals surface area contributed by atoms with Gasteiger partial charge in [0, 0.05) is 49.8 Å². The first-order valence-corrected chi connectivity index (χ1v) is 10.1. The van der Waals surface area contributed by atoms with E-state index in [1.807, 2.05) is 0 Å². The highest BCUT2D eigenvalue weighted by molar-refractivity contribution is 9.10. The lowest BCUT2D eigenvalue weighted by Gasteiger charge is -2.34. The van der Waals surface area contributed by atoms with Crippen LogP contribution in [0.1, 0.15) is 31.1 Å². The van der Waals surface area contributed by atoms with Crippen LogP contribution in [0.3, 0.4) is 0 Å². The predicted octanol–water partition coefficient (Wildman–Crippen LogP) is 3.55. The van der Waals surface area contributed by atoms with E-state index in [9.17, 15) is 9.59 Å². The zero-order valence-electron chi connectivity index (χ0n) is 16.7. The second kappa shape index (κ2) is 8.77. The van der Waals surface area contributed by atoms with E-state index in [0.717, 1.165) is 4.47 Å². The summed E-state index contributed by atoms with van der Waals surface area (Å²) in [6.45, 7) is 7.85. The average molecular weight is 462 g/mol. The Morgan fingerprint density at radius 3 is 2.38 bits per heavy atom. The van der Waals surface area contributed by atoms with Crippen LogP contribution in [0.15, 0.2) is 41.1 Å². The van der Waals surface area contributed by atoms with Gasteiger partial charge < -0.3 is 14.5 Å². The van der Waals surface area contributed by atoms with Crippen LogP contribution in [0.25, 0.3) is 0 Å². The first-order valence-electron chi connectivity index (χ1n) is 9.33. The van der Waals surface area contributed by atoms with E-state index in [1.165, 1.54) is 0 Å². The van der Waals surface area contributed by atoms with Crippen molar-refractivity contribution in [1.29, 1.82) is 0 Å². The molecule has 3 rings (SSSR count). The quantitative estimate of drug-likeness (QED) is 0.751. The van der Waals surface area contributed by atoms with Crippen LogP contribution in [-0.4, -0.2) is 58.6 Å². The smallest absolute Gasteiger partial charge is 0.412 e. The molecular weight excluding hydrogens is 438 g/mol. The number of rotatable bonds is 3. The molecular formula is C20H24BrN5O3. The summed E-state index contributed by atoms with van der Waals surface area (Å²) in [5.74, 6) is 0.582. The minimum absolute atomic E-state index is 0.0748. The summed E-state index contributed by atoms with van der Waals surface area (Å²) in [4.78, 5) is 37.3. The summed E-state index contributed by atoms with van der Waals surface area (Å²) in [7, 11) is 0. The third-order valence-corrected chi connectivity index (χ3v) is 4.62. The monoisotopic (exact) mass is 461 g/mol. The summed E-state index contributed by atoms with van der Waals surface area (Å²) in [5, 5.41) is 2.67. The van der Waals surface area contributed by atoms with Crippen LogP contribution in [-0.2, 0) is 4.74 Å². The lowest BCUT2D eigenvalue weighted by atomic mass is 10.1. The molecule has 0 saturated carbocycles. The van der Waals surface area contributed by atoms with E-state index in [-0.39, 0.29) is 5.91 Å². The van der Waals surface area contributed by atoms with Crippen molar-refractivity contribution in [3.05, 3.63) is 46.7 Å². The topological polar surface area (TPSA) is 87.7 Å². The Morgan fingerprint density at radius 2 is 1.76 bits per heavy atom. The van der Waals surface area contributed by atoms with Gasteiger partial charge in [0.2, 0.25) is 5.95 Å². The largest absolute Gasteiger partial charge is 0.444 e. The van der Waals surface area contributed by atoms with Gasteiger partial charge in [-0.3, -0.25) is 10.1 Å². The Labute approximate surface area is 178 Å². The molecule has 1 N–H and O–H groups in total. The number of ether oxygens (including phenoxy) is 1. The fraction of sp³-hybridized carbons (Fsp3) is 0.400. The molecule has 1 fully saturated rings. The number of halogens is 1. The van der Waals surface area contributed by atoms with Crippen LogP contribution in [0, 0.1) is 0 Å². The number of piperazine rings is 1. The summed E-state index contributed by atoms with van der Waals surface area (Å²) in [6.07, 6.45) is 2.87. The van der Waals surface area contributed by atoms with Gasteiger partial charge in [0.1, 0.15) is 5.60 Å². The van der Waals surface area contributed by atoms with Gasteiger partial charge in [0.15, 0.2) is 0 Å². The van der Waals surface area contributed by atoms with Crippen LogP contribution in [0.5, 0.6) is 0 Å². The summed E-state index contributed by atoms with van der Waals surface area (Å²) >= 11 is 3.33. The lowest BCUT2D eigenvalue weighted by molar-refractivity contribution is 0.0634. The zero-order valence-corrected chi connectivity index (χ0v) is 18.3. The SMILES string of the molecule is CC(C)(C)OC(=O)Nc1cccc(C(=O)N2CCN(c3ncc(Br)cn3)CC2)c1. The highest BCUT2D eigenvalue weighted by Crippen LogP contribution is 2.18. The molecule has 2 aromatic rings. The average Bonchev–Trinajstić information content (AvgIpc) is 2.67. The van der Waals surface area contributed by atoms with Gasteiger partial charge in [-0.15, -0.1) is 0 Å². The van der Waals surface area contributed by atoms with Crippen LogP contribution >= 0.6 is 15.9 Å². The van der Waals surface area contributed by atoms with Gasteiger partial charge in [-0.05, 0) is 54.9 Å². The number of carbonyl (C=O) groups excluding carboxylic acids is 2. The minimum atomic E-state index is -0.588. The Hall–Kier alpha value is -2.68. The lowest BCUT2D eigenvalue weighted by Crippen LogP contribution is -2.49. The third kappa shape index (κ3) is 5.90. The molecule has 1 aliphatic rings. The molecule has 29 heavy (non-hydrogen) atoms. The number of nitrogens with one attached hydrogen (secondary N) is 1. The molecule has 2 heterocycles. The number of anilines is 2. The molecule has 9 heteroatoms. The van der Waals surface area contributed by atoms with E-state index in [2.05, 4.69) is 36.1 Å². The van der Waals surface area contributed by atoms with Crippen LogP contribution in [0.2, 0.25) is 0 Å². The number of hydrogen-bond acceptors (Lipinski definition) is 6. The predicted molar refractivity (Wildman–Crippen MR) is 114 cm³/mol. The van der Waals surface area contributed by atoms with E-state index in [4.69, 9.17) is 4.74 Å². The summed E-state index contributed by atoms with van der Waals surface area (Å²) in [5.41, 5.74) is 0.453. The molecule has 0 unspecified atom stereocenters. The minimum Gasteiger partial charge on any atom is -0.444 e. The molecule has 1 aromatic heterocycles. The van der Waals surface area contributed by atoms with E-state index < -0.39 is 11.7 Å². The fourth-order valence-corrected chi connectivity index (χ4v) is 3.12. The number of nitrogens with zero attached hydrogens (tertiary/aromatic N) is 4. The molecule has 0 radical (unpaired) electrons. The summed E-state index contributed by atoms with van der Waals surface area (Å²) < 4.78 is 6.08. The highest BCUT2D eigenvalue weighted by atomic mass is 79.9. The highest BCUT2D eigenvalue weighted by Gasteiger charge is 2.24. The van der Waals surface area contributed by atoms with Crippen molar-refractivity contribution >= 4 is 39.6 Å². The van der Waals surface area contributed by atoms with E-state index in [0.29, 0.717) is 43.4 Å². The van der Waals surface area contributed by atoms with E-state index >= 15 is 0 Å². The molecule has 8 nitrogen and oxygen atoms in total. The van der Waals surface area contributed by atoms with Crippen molar-refractivity contribution < 1.29 is 14.3 Å². The maximum atomic E-state index is 12.9. The zero-order chi connectivity index (χ0) is 21.0. The number of hydrogen-bond donors (Lipinski definition) is 1. The Kier molecular flexibility index (Phi) is 6.36. The first kappa shape index (κ1) is 21.0. The molecule has 1 saturated heterocycles. The second-order valence-corrected chi connectivity index (χ2v) is 8.60. The molecule has 0 bridgehead atoms. The number of aromatic nitrogens is 2. The normalized spacial score (nSPS) is 14.5. The van der Waals surface area contributed by atoms with Gasteiger partial charge in [-0.1, -0.05) is 6.07 Å². The van der Waals surface area contributed by atoms with Crippen molar-refractivity contribution in [1.82, 2.24) is 14.9 Å². The Morgan fingerprint density at radius 1 is 1.10 bits per heavy atom. The van der Waals surface area contributed by atoms with Crippen molar-refractivity contribution in [2.24, 2.45) is 0 Å². The van der Waals surface area contributed by atoms with Crippen LogP contribution in [0.4, 0.5) is 16.4 Å². The van der Waals surface area contributed by atoms with Gasteiger partial charge in [-0.25, -0.2) is 14.8 Å². The van der Waals surface area contributed by atoms with Crippen molar-refractivity contribution in [3.63, 3.8) is 0 Å². The van der Waals surface area contributed by atoms with Gasteiger partial charge in [0.05, 0.1) is 4.47 Å². The third-order valence-electron chi connectivity index (χ3n) is 4.21. The Bertz CT molecular complexity index is 874. The Balaban J connectivity index is 1.59. The number of benzene rings is 1. The molecule has 0 atom stereocenters. The van der Waals surface area contributed by atoms with Gasteiger partial charge in [-0.2, -0.15) is 0 Å². The van der Waals surface area contributed by atoms with Crippen molar-refractivity contribution in [2.75, 3.05) is 36.4 Å². The molecule has 1 aliphatic heterocycles. The maximum absolute atomic E-state index is 12.9. The van der Waals surface area contributed by atoms with E-state index in [1.54, 1.807) is 62.3 Å². The maximum Gasteiger partial charge on any atom is 0.412 e. The molecule has 0 spiro atoms. The van der Waals surface area contributed by atoms with Crippen molar-refractivity contribution in [3.8, 4) is 0 Å². The first-order chi connectivity index (χ1) is 13.7. The van der Waals surface area contributed by atoms with Crippen molar-refractivity contribution in [2.45, 2.75) is 26.4 Å². The van der Waals surface area contributed by atoms with Gasteiger partial charge >= 0.3 is 6.09 Å². The molecule has 1 aromatic carbocycles. The van der Waals surface area contributed by atoms with Crippen LogP contribution < -0.4 is 10.2 Å². The molecule has 0 aliphatic carbocycles. The van der Waals surface area contributed by atoms with Gasteiger partial charge in [0.25, 0.3) is 5.91 Å².